The van der Waals surface area contributed by atoms with Gasteiger partial charge in [-0.15, -0.1) is 0 Å². The molecule has 0 aliphatic rings. The molecule has 2 heteroatoms. The van der Waals surface area contributed by atoms with Gasteiger partial charge in [0.05, 0.1) is 5.56 Å². The van der Waals surface area contributed by atoms with Crippen LogP contribution < -0.4 is 0 Å². The monoisotopic (exact) mass is 240 g/mol. The first-order valence-corrected chi connectivity index (χ1v) is 6.14. The zero-order valence-corrected chi connectivity index (χ0v) is 10.4. The Balaban J connectivity index is 2.50. The molecule has 0 spiro atoms. The minimum absolute atomic E-state index is 0.359. The summed E-state index contributed by atoms with van der Waals surface area (Å²) in [6.45, 7) is 2.10. The number of rotatable bonds is 4. The predicted octanol–water partition coefficient (Wildman–Crippen LogP) is 4.00. The molecule has 2 aromatic carbocycles. The molecule has 2 nitrogen and oxygen atoms in total. The Bertz CT molecular complexity index is 544. The number of aryl methyl sites for hydroxylation is 1. The van der Waals surface area contributed by atoms with Gasteiger partial charge in [-0.05, 0) is 35.2 Å². The van der Waals surface area contributed by atoms with Crippen molar-refractivity contribution in [2.75, 3.05) is 0 Å². The Labute approximate surface area is 107 Å². The standard InChI is InChI=1S/C16H16O2/c1-2-6-13-11-14(16(17)18)9-10-15(13)12-7-4-3-5-8-12/h3-5,7-11H,2,6H2,1H3,(H,17,18). The number of hydrogen-bond donors (Lipinski definition) is 1. The van der Waals surface area contributed by atoms with Crippen molar-refractivity contribution in [1.82, 2.24) is 0 Å². The van der Waals surface area contributed by atoms with Crippen molar-refractivity contribution in [2.45, 2.75) is 19.8 Å². The van der Waals surface area contributed by atoms with Crippen molar-refractivity contribution in [3.8, 4) is 11.1 Å². The normalized spacial score (nSPS) is 10.3. The Morgan fingerprint density at radius 2 is 1.83 bits per heavy atom. The van der Waals surface area contributed by atoms with Gasteiger partial charge < -0.3 is 5.11 Å². The molecule has 0 heterocycles. The van der Waals surface area contributed by atoms with Gasteiger partial charge in [0.1, 0.15) is 0 Å². The fourth-order valence-electron chi connectivity index (χ4n) is 2.10. The maximum Gasteiger partial charge on any atom is 0.335 e. The van der Waals surface area contributed by atoms with E-state index in [1.54, 1.807) is 12.1 Å². The van der Waals surface area contributed by atoms with Crippen molar-refractivity contribution in [3.05, 3.63) is 59.7 Å². The van der Waals surface area contributed by atoms with Crippen LogP contribution in [-0.4, -0.2) is 11.1 Å². The number of benzene rings is 2. The van der Waals surface area contributed by atoms with Crippen molar-refractivity contribution in [1.29, 1.82) is 0 Å². The first-order chi connectivity index (χ1) is 8.72. The summed E-state index contributed by atoms with van der Waals surface area (Å²) in [4.78, 5) is 11.0. The van der Waals surface area contributed by atoms with Gasteiger partial charge >= 0.3 is 5.97 Å². The van der Waals surface area contributed by atoms with Crippen molar-refractivity contribution in [2.24, 2.45) is 0 Å². The first kappa shape index (κ1) is 12.4. The third-order valence-corrected chi connectivity index (χ3v) is 2.96. The topological polar surface area (TPSA) is 37.3 Å². The Morgan fingerprint density at radius 3 is 2.44 bits per heavy atom. The van der Waals surface area contributed by atoms with Gasteiger partial charge in [0.2, 0.25) is 0 Å². The van der Waals surface area contributed by atoms with E-state index in [1.165, 1.54) is 0 Å². The summed E-state index contributed by atoms with van der Waals surface area (Å²) in [5.74, 6) is -0.869. The van der Waals surface area contributed by atoms with E-state index in [1.807, 2.05) is 24.3 Å². The van der Waals surface area contributed by atoms with E-state index in [9.17, 15) is 4.79 Å². The summed E-state index contributed by atoms with van der Waals surface area (Å²) < 4.78 is 0. The van der Waals surface area contributed by atoms with Crippen LogP contribution >= 0.6 is 0 Å². The second kappa shape index (κ2) is 5.50. The molecule has 0 bridgehead atoms. The predicted molar refractivity (Wildman–Crippen MR) is 72.8 cm³/mol. The third kappa shape index (κ3) is 2.59. The Hall–Kier alpha value is -2.09. The van der Waals surface area contributed by atoms with Crippen molar-refractivity contribution < 1.29 is 9.90 Å². The molecular weight excluding hydrogens is 224 g/mol. The molecule has 0 radical (unpaired) electrons. The van der Waals surface area contributed by atoms with Crippen LogP contribution in [0.1, 0.15) is 29.3 Å². The van der Waals surface area contributed by atoms with E-state index in [2.05, 4.69) is 19.1 Å². The number of carboxylic acid groups (broad SMARTS) is 1. The van der Waals surface area contributed by atoms with Gasteiger partial charge in [-0.25, -0.2) is 4.79 Å². The first-order valence-electron chi connectivity index (χ1n) is 6.14. The molecule has 18 heavy (non-hydrogen) atoms. The highest BCUT2D eigenvalue weighted by Gasteiger charge is 2.09. The van der Waals surface area contributed by atoms with Gasteiger partial charge in [0, 0.05) is 0 Å². The molecule has 0 amide bonds. The molecule has 0 atom stereocenters. The van der Waals surface area contributed by atoms with E-state index in [4.69, 9.17) is 5.11 Å². The summed E-state index contributed by atoms with van der Waals surface area (Å²) in [6, 6.07) is 15.4. The minimum atomic E-state index is -0.869. The van der Waals surface area contributed by atoms with Crippen LogP contribution in [0.3, 0.4) is 0 Å². The van der Waals surface area contributed by atoms with Crippen LogP contribution in [-0.2, 0) is 6.42 Å². The molecule has 0 fully saturated rings. The number of carboxylic acids is 1. The lowest BCUT2D eigenvalue weighted by molar-refractivity contribution is 0.0697. The zero-order chi connectivity index (χ0) is 13.0. The molecule has 0 unspecified atom stereocenters. The molecule has 0 aliphatic heterocycles. The van der Waals surface area contributed by atoms with Crippen LogP contribution in [0.25, 0.3) is 11.1 Å². The van der Waals surface area contributed by atoms with Gasteiger partial charge in [-0.2, -0.15) is 0 Å². The lowest BCUT2D eigenvalue weighted by atomic mass is 9.95. The maximum absolute atomic E-state index is 11.0. The van der Waals surface area contributed by atoms with Crippen LogP contribution in [0, 0.1) is 0 Å². The quantitative estimate of drug-likeness (QED) is 0.876. The molecule has 1 N–H and O–H groups in total. The van der Waals surface area contributed by atoms with Gasteiger partial charge in [-0.1, -0.05) is 49.7 Å². The SMILES string of the molecule is CCCc1cc(C(=O)O)ccc1-c1ccccc1. The summed E-state index contributed by atoms with van der Waals surface area (Å²) in [6.07, 6.45) is 1.90. The number of carbonyl (C=O) groups is 1. The molecule has 0 aromatic heterocycles. The van der Waals surface area contributed by atoms with E-state index < -0.39 is 5.97 Å². The van der Waals surface area contributed by atoms with E-state index in [0.29, 0.717) is 5.56 Å². The van der Waals surface area contributed by atoms with Crippen molar-refractivity contribution in [3.63, 3.8) is 0 Å². The molecule has 92 valence electrons. The molecule has 2 aromatic rings. The Morgan fingerprint density at radius 1 is 1.11 bits per heavy atom. The van der Waals surface area contributed by atoms with Crippen LogP contribution in [0.15, 0.2) is 48.5 Å². The van der Waals surface area contributed by atoms with Crippen LogP contribution in [0.4, 0.5) is 0 Å². The van der Waals surface area contributed by atoms with Crippen LogP contribution in [0.2, 0.25) is 0 Å². The average molecular weight is 240 g/mol. The summed E-state index contributed by atoms with van der Waals surface area (Å²) in [5.41, 5.74) is 3.72. The average Bonchev–Trinajstić information content (AvgIpc) is 2.40. The van der Waals surface area contributed by atoms with E-state index >= 15 is 0 Å². The second-order valence-corrected chi connectivity index (χ2v) is 4.29. The summed E-state index contributed by atoms with van der Waals surface area (Å²) in [5, 5.41) is 9.04. The largest absolute Gasteiger partial charge is 0.478 e. The highest BCUT2D eigenvalue weighted by Crippen LogP contribution is 2.25. The zero-order valence-electron chi connectivity index (χ0n) is 10.4. The maximum atomic E-state index is 11.0. The molecule has 0 aliphatic carbocycles. The smallest absolute Gasteiger partial charge is 0.335 e. The summed E-state index contributed by atoms with van der Waals surface area (Å²) >= 11 is 0. The molecular formula is C16H16O2. The number of hydrogen-bond acceptors (Lipinski definition) is 1. The highest BCUT2D eigenvalue weighted by atomic mass is 16.4. The second-order valence-electron chi connectivity index (χ2n) is 4.29. The fraction of sp³-hybridized carbons (Fsp3) is 0.188. The molecule has 2 rings (SSSR count). The summed E-state index contributed by atoms with van der Waals surface area (Å²) in [7, 11) is 0. The lowest BCUT2D eigenvalue weighted by Gasteiger charge is -2.10. The fourth-order valence-corrected chi connectivity index (χ4v) is 2.10. The van der Waals surface area contributed by atoms with E-state index in [0.717, 1.165) is 29.5 Å². The molecule has 0 saturated carbocycles. The van der Waals surface area contributed by atoms with Gasteiger partial charge in [0.15, 0.2) is 0 Å². The Kier molecular flexibility index (Phi) is 3.78. The third-order valence-electron chi connectivity index (χ3n) is 2.96. The minimum Gasteiger partial charge on any atom is -0.478 e. The van der Waals surface area contributed by atoms with Gasteiger partial charge in [0.25, 0.3) is 0 Å². The highest BCUT2D eigenvalue weighted by molar-refractivity contribution is 5.89. The van der Waals surface area contributed by atoms with E-state index in [-0.39, 0.29) is 0 Å². The van der Waals surface area contributed by atoms with Crippen LogP contribution in [0.5, 0.6) is 0 Å². The van der Waals surface area contributed by atoms with Gasteiger partial charge in [-0.3, -0.25) is 0 Å². The lowest BCUT2D eigenvalue weighted by Crippen LogP contribution is -1.99. The molecule has 0 saturated heterocycles. The number of aromatic carboxylic acids is 1. The van der Waals surface area contributed by atoms with Crippen molar-refractivity contribution >= 4 is 5.97 Å².